The van der Waals surface area contributed by atoms with Crippen molar-refractivity contribution >= 4 is 5.91 Å². The predicted octanol–water partition coefficient (Wildman–Crippen LogP) is 0.540. The van der Waals surface area contributed by atoms with Crippen LogP contribution >= 0.6 is 0 Å². The van der Waals surface area contributed by atoms with Crippen LogP contribution in [0.15, 0.2) is 31.1 Å². The minimum atomic E-state index is 0.101. The lowest BCUT2D eigenvalue weighted by molar-refractivity contribution is -0.132. The van der Waals surface area contributed by atoms with Crippen LogP contribution in [0.4, 0.5) is 0 Å². The summed E-state index contributed by atoms with van der Waals surface area (Å²) in [7, 11) is 0. The minimum absolute atomic E-state index is 0.101. The SMILES string of the molecule is CCn1c(Cn2cccn2)nnc1C1CCN(C(=O)Cn2cnnc2)CC1. The van der Waals surface area contributed by atoms with Gasteiger partial charge in [-0.05, 0) is 25.8 Å². The molecule has 142 valence electrons. The third-order valence-electron chi connectivity index (χ3n) is 5.03. The van der Waals surface area contributed by atoms with Gasteiger partial charge in [0.05, 0.1) is 0 Å². The van der Waals surface area contributed by atoms with Crippen molar-refractivity contribution in [3.05, 3.63) is 42.8 Å². The van der Waals surface area contributed by atoms with Crippen LogP contribution in [-0.4, -0.2) is 63.2 Å². The van der Waals surface area contributed by atoms with Gasteiger partial charge in [-0.3, -0.25) is 9.48 Å². The van der Waals surface area contributed by atoms with Crippen LogP contribution in [-0.2, 0) is 24.4 Å². The molecule has 1 amide bonds. The number of rotatable bonds is 6. The van der Waals surface area contributed by atoms with Crippen molar-refractivity contribution in [1.29, 1.82) is 0 Å². The molecule has 0 unspecified atom stereocenters. The van der Waals surface area contributed by atoms with Crippen LogP contribution in [0.3, 0.4) is 0 Å². The van der Waals surface area contributed by atoms with Gasteiger partial charge in [0.1, 0.15) is 31.6 Å². The summed E-state index contributed by atoms with van der Waals surface area (Å²) >= 11 is 0. The summed E-state index contributed by atoms with van der Waals surface area (Å²) in [5.41, 5.74) is 0. The van der Waals surface area contributed by atoms with E-state index in [-0.39, 0.29) is 12.5 Å². The second-order valence-corrected chi connectivity index (χ2v) is 6.71. The Morgan fingerprint density at radius 3 is 2.63 bits per heavy atom. The zero-order valence-corrected chi connectivity index (χ0v) is 15.3. The molecule has 3 aromatic rings. The first-order chi connectivity index (χ1) is 13.2. The zero-order valence-electron chi connectivity index (χ0n) is 15.3. The maximum Gasteiger partial charge on any atom is 0.242 e. The van der Waals surface area contributed by atoms with Gasteiger partial charge in [0.25, 0.3) is 0 Å². The number of nitrogens with zero attached hydrogens (tertiary/aromatic N) is 9. The third-order valence-corrected chi connectivity index (χ3v) is 5.03. The van der Waals surface area contributed by atoms with Crippen molar-refractivity contribution in [2.75, 3.05) is 13.1 Å². The average Bonchev–Trinajstić information content (AvgIpc) is 3.44. The molecule has 1 fully saturated rings. The molecular weight excluding hydrogens is 346 g/mol. The Morgan fingerprint density at radius 1 is 1.19 bits per heavy atom. The number of piperidine rings is 1. The second-order valence-electron chi connectivity index (χ2n) is 6.71. The van der Waals surface area contributed by atoms with Crippen LogP contribution in [0, 0.1) is 0 Å². The van der Waals surface area contributed by atoms with Gasteiger partial charge in [0.2, 0.25) is 5.91 Å². The number of carbonyl (C=O) groups excluding carboxylic acids is 1. The van der Waals surface area contributed by atoms with Crippen molar-refractivity contribution < 1.29 is 4.79 Å². The largest absolute Gasteiger partial charge is 0.341 e. The highest BCUT2D eigenvalue weighted by molar-refractivity contribution is 5.76. The molecule has 27 heavy (non-hydrogen) atoms. The van der Waals surface area contributed by atoms with E-state index in [0.29, 0.717) is 12.5 Å². The smallest absolute Gasteiger partial charge is 0.242 e. The Bertz CT molecular complexity index is 861. The molecule has 0 radical (unpaired) electrons. The van der Waals surface area contributed by atoms with Gasteiger partial charge in [-0.15, -0.1) is 20.4 Å². The van der Waals surface area contributed by atoms with Gasteiger partial charge in [0, 0.05) is 37.9 Å². The molecule has 0 saturated carbocycles. The van der Waals surface area contributed by atoms with Gasteiger partial charge in [-0.2, -0.15) is 5.10 Å². The number of carbonyl (C=O) groups is 1. The van der Waals surface area contributed by atoms with E-state index in [0.717, 1.165) is 44.1 Å². The predicted molar refractivity (Wildman–Crippen MR) is 95.6 cm³/mol. The standard InChI is InChI=1S/C17H23N9O/c1-2-26-15(10-25-7-3-6-20-25)21-22-17(26)14-4-8-24(9-5-14)16(27)11-23-12-18-19-13-23/h3,6-7,12-14H,2,4-5,8-11H2,1H3. The lowest BCUT2D eigenvalue weighted by Gasteiger charge is -2.31. The van der Waals surface area contributed by atoms with Crippen molar-refractivity contribution in [3.8, 4) is 0 Å². The Kier molecular flexibility index (Phi) is 4.95. The molecule has 0 aromatic carbocycles. The minimum Gasteiger partial charge on any atom is -0.341 e. The summed E-state index contributed by atoms with van der Waals surface area (Å²) in [6, 6.07) is 1.90. The fourth-order valence-electron chi connectivity index (χ4n) is 3.60. The highest BCUT2D eigenvalue weighted by atomic mass is 16.2. The van der Waals surface area contributed by atoms with Crippen molar-refractivity contribution in [1.82, 2.24) is 44.2 Å². The lowest BCUT2D eigenvalue weighted by Crippen LogP contribution is -2.40. The van der Waals surface area contributed by atoms with Crippen molar-refractivity contribution in [3.63, 3.8) is 0 Å². The number of hydrogen-bond acceptors (Lipinski definition) is 6. The lowest BCUT2D eigenvalue weighted by atomic mass is 9.95. The zero-order chi connectivity index (χ0) is 18.6. The normalized spacial score (nSPS) is 15.4. The van der Waals surface area contributed by atoms with Gasteiger partial charge in [-0.1, -0.05) is 0 Å². The van der Waals surface area contributed by atoms with Crippen LogP contribution < -0.4 is 0 Å². The molecule has 10 heteroatoms. The monoisotopic (exact) mass is 369 g/mol. The number of hydrogen-bond donors (Lipinski definition) is 0. The number of likely N-dealkylation sites (tertiary alicyclic amines) is 1. The Balaban J connectivity index is 1.39. The maximum absolute atomic E-state index is 12.4. The fraction of sp³-hybridized carbons (Fsp3) is 0.529. The highest BCUT2D eigenvalue weighted by Gasteiger charge is 2.28. The van der Waals surface area contributed by atoms with Crippen LogP contribution in [0.5, 0.6) is 0 Å². The quantitative estimate of drug-likeness (QED) is 0.629. The summed E-state index contributed by atoms with van der Waals surface area (Å²) in [6.07, 6.45) is 8.61. The molecule has 10 nitrogen and oxygen atoms in total. The number of aromatic nitrogens is 8. The van der Waals surface area contributed by atoms with Crippen molar-refractivity contribution in [2.45, 2.75) is 45.3 Å². The molecule has 1 saturated heterocycles. The van der Waals surface area contributed by atoms with E-state index in [1.54, 1.807) is 23.4 Å². The molecule has 0 bridgehead atoms. The molecule has 0 atom stereocenters. The Morgan fingerprint density at radius 2 is 1.96 bits per heavy atom. The van der Waals surface area contributed by atoms with E-state index >= 15 is 0 Å². The average molecular weight is 369 g/mol. The van der Waals surface area contributed by atoms with Crippen LogP contribution in [0.25, 0.3) is 0 Å². The molecule has 0 N–H and O–H groups in total. The molecule has 0 aliphatic carbocycles. The van der Waals surface area contributed by atoms with E-state index in [1.807, 2.05) is 21.8 Å². The van der Waals surface area contributed by atoms with Gasteiger partial charge >= 0.3 is 0 Å². The molecule has 3 aromatic heterocycles. The summed E-state index contributed by atoms with van der Waals surface area (Å²) in [5, 5.41) is 20.6. The molecule has 1 aliphatic rings. The first kappa shape index (κ1) is 17.4. The van der Waals surface area contributed by atoms with Crippen molar-refractivity contribution in [2.24, 2.45) is 0 Å². The summed E-state index contributed by atoms with van der Waals surface area (Å²) < 4.78 is 5.73. The topological polar surface area (TPSA) is 99.6 Å². The maximum atomic E-state index is 12.4. The van der Waals surface area contributed by atoms with E-state index in [9.17, 15) is 4.79 Å². The highest BCUT2D eigenvalue weighted by Crippen LogP contribution is 2.27. The molecular formula is C17H23N9O. The molecule has 1 aliphatic heterocycles. The van der Waals surface area contributed by atoms with E-state index in [1.165, 1.54) is 0 Å². The van der Waals surface area contributed by atoms with Gasteiger partial charge < -0.3 is 14.0 Å². The molecule has 0 spiro atoms. The molecule has 4 heterocycles. The first-order valence-corrected chi connectivity index (χ1v) is 9.24. The van der Waals surface area contributed by atoms with E-state index in [4.69, 9.17) is 0 Å². The summed E-state index contributed by atoms with van der Waals surface area (Å²) in [5.74, 6) is 2.36. The number of amides is 1. The summed E-state index contributed by atoms with van der Waals surface area (Å²) in [6.45, 7) is 5.30. The van der Waals surface area contributed by atoms with Crippen LogP contribution in [0.2, 0.25) is 0 Å². The second kappa shape index (κ2) is 7.68. The van der Waals surface area contributed by atoms with E-state index in [2.05, 4.69) is 37.0 Å². The van der Waals surface area contributed by atoms with Crippen LogP contribution in [0.1, 0.15) is 37.3 Å². The molecule has 4 rings (SSSR count). The summed E-state index contributed by atoms with van der Waals surface area (Å²) in [4.78, 5) is 14.3. The Hall–Kier alpha value is -3.04. The van der Waals surface area contributed by atoms with Gasteiger partial charge in [-0.25, -0.2) is 0 Å². The van der Waals surface area contributed by atoms with E-state index < -0.39 is 0 Å². The first-order valence-electron chi connectivity index (χ1n) is 9.24. The fourth-order valence-corrected chi connectivity index (χ4v) is 3.60. The van der Waals surface area contributed by atoms with Gasteiger partial charge in [0.15, 0.2) is 5.82 Å². The Labute approximate surface area is 156 Å². The third kappa shape index (κ3) is 3.74.